The zero-order valence-corrected chi connectivity index (χ0v) is 16.0. The number of nitrogens with zero attached hydrogens (tertiary/aromatic N) is 3. The Hall–Kier alpha value is -2.57. The van der Waals surface area contributed by atoms with E-state index in [1.165, 1.54) is 12.1 Å². The van der Waals surface area contributed by atoms with Crippen molar-refractivity contribution in [2.45, 2.75) is 31.2 Å². The van der Waals surface area contributed by atoms with Crippen molar-refractivity contribution in [2.24, 2.45) is 5.10 Å². The van der Waals surface area contributed by atoms with Gasteiger partial charge >= 0.3 is 0 Å². The van der Waals surface area contributed by atoms with Crippen LogP contribution in [0.1, 0.15) is 36.3 Å². The molecule has 2 aromatic carbocycles. The van der Waals surface area contributed by atoms with Crippen LogP contribution in [-0.2, 0) is 4.79 Å². The second kappa shape index (κ2) is 8.63. The van der Waals surface area contributed by atoms with Gasteiger partial charge in [0, 0.05) is 6.42 Å². The van der Waals surface area contributed by atoms with Crippen LogP contribution in [0.2, 0.25) is 0 Å². The van der Waals surface area contributed by atoms with Crippen molar-refractivity contribution in [1.82, 2.24) is 9.91 Å². The van der Waals surface area contributed by atoms with Crippen molar-refractivity contribution in [3.63, 3.8) is 0 Å². The van der Waals surface area contributed by atoms with E-state index in [0.29, 0.717) is 6.42 Å². The molecule has 1 saturated heterocycles. The molecule has 0 radical (unpaired) electrons. The minimum Gasteiger partial charge on any atom is -0.412 e. The highest BCUT2D eigenvalue weighted by atomic mass is 19.1. The molecule has 1 fully saturated rings. The van der Waals surface area contributed by atoms with Crippen LogP contribution in [-0.4, -0.2) is 53.2 Å². The Kier molecular flexibility index (Phi) is 6.21. The summed E-state index contributed by atoms with van der Waals surface area (Å²) in [7, 11) is 2.11. The third-order valence-electron chi connectivity index (χ3n) is 5.56. The number of rotatable bonds is 3. The van der Waals surface area contributed by atoms with Gasteiger partial charge in [-0.05, 0) is 56.2 Å². The third kappa shape index (κ3) is 4.13. The number of likely N-dealkylation sites (tertiary alicyclic amines) is 1. The Bertz CT molecular complexity index is 831. The maximum Gasteiger partial charge on any atom is 0.250 e. The van der Waals surface area contributed by atoms with E-state index >= 15 is 0 Å². The van der Waals surface area contributed by atoms with Crippen LogP contribution in [0, 0.1) is 5.82 Å². The topological polar surface area (TPSA) is 67.4 Å². The molecule has 0 spiro atoms. The summed E-state index contributed by atoms with van der Waals surface area (Å²) >= 11 is 0. The molecule has 2 heterocycles. The molecule has 0 aromatic heterocycles. The van der Waals surface area contributed by atoms with Gasteiger partial charge in [0.15, 0.2) is 0 Å². The Morgan fingerprint density at radius 3 is 2.29 bits per heavy atom. The molecule has 28 heavy (non-hydrogen) atoms. The highest BCUT2D eigenvalue weighted by molar-refractivity contribution is 6.06. The summed E-state index contributed by atoms with van der Waals surface area (Å²) in [4.78, 5) is 15.6. The first-order valence-electron chi connectivity index (χ1n) is 9.52. The molecule has 2 aromatic rings. The molecule has 2 aliphatic heterocycles. The maximum absolute atomic E-state index is 13.4. The molecule has 1 amide bonds. The molecule has 0 saturated carbocycles. The summed E-state index contributed by atoms with van der Waals surface area (Å²) in [6.45, 7) is 1.93. The normalized spacial score (nSPS) is 21.2. The average Bonchev–Trinajstić information content (AvgIpc) is 2.70. The van der Waals surface area contributed by atoms with E-state index in [1.807, 2.05) is 30.3 Å². The van der Waals surface area contributed by atoms with Crippen molar-refractivity contribution < 1.29 is 14.7 Å². The first-order valence-corrected chi connectivity index (χ1v) is 9.52. The van der Waals surface area contributed by atoms with E-state index in [-0.39, 0.29) is 29.2 Å². The fourth-order valence-electron chi connectivity index (χ4n) is 3.93. The van der Waals surface area contributed by atoms with Crippen LogP contribution >= 0.6 is 0 Å². The van der Waals surface area contributed by atoms with E-state index in [9.17, 15) is 9.18 Å². The van der Waals surface area contributed by atoms with Gasteiger partial charge in [0.2, 0.25) is 0 Å². The highest BCUT2D eigenvalue weighted by Crippen LogP contribution is 2.32. The van der Waals surface area contributed by atoms with Crippen molar-refractivity contribution >= 4 is 11.6 Å². The van der Waals surface area contributed by atoms with E-state index < -0.39 is 0 Å². The first-order chi connectivity index (χ1) is 13.1. The summed E-state index contributed by atoms with van der Waals surface area (Å²) in [6, 6.07) is 16.4. The van der Waals surface area contributed by atoms with E-state index in [1.54, 1.807) is 17.1 Å². The standard InChI is InChI=1S/C22H24FN3O.H2O/c1-25-13-11-19(12-14-25)26-22(27)20(16-5-3-2-4-6-16)15-21(24-26)17-7-9-18(23)10-8-17;/h2-10,19-20H,11-15H2,1H3;1H2. The van der Waals surface area contributed by atoms with Gasteiger partial charge in [0.25, 0.3) is 5.91 Å². The lowest BCUT2D eigenvalue weighted by Gasteiger charge is -2.38. The molecule has 4 rings (SSSR count). The zero-order chi connectivity index (χ0) is 18.8. The number of halogens is 1. The maximum atomic E-state index is 13.4. The second-order valence-electron chi connectivity index (χ2n) is 7.44. The smallest absolute Gasteiger partial charge is 0.250 e. The van der Waals surface area contributed by atoms with Crippen molar-refractivity contribution in [3.05, 3.63) is 71.5 Å². The molecule has 0 aliphatic carbocycles. The minimum atomic E-state index is -0.266. The van der Waals surface area contributed by atoms with Crippen LogP contribution in [0.5, 0.6) is 0 Å². The number of carbonyl (C=O) groups is 1. The van der Waals surface area contributed by atoms with Crippen LogP contribution in [0.15, 0.2) is 59.7 Å². The number of hydrogen-bond donors (Lipinski definition) is 0. The van der Waals surface area contributed by atoms with Gasteiger partial charge in [0.05, 0.1) is 17.7 Å². The lowest BCUT2D eigenvalue weighted by atomic mass is 9.88. The number of carbonyl (C=O) groups excluding carboxylic acids is 1. The van der Waals surface area contributed by atoms with Crippen molar-refractivity contribution in [3.8, 4) is 0 Å². The fourth-order valence-corrected chi connectivity index (χ4v) is 3.93. The van der Waals surface area contributed by atoms with Gasteiger partial charge in [0.1, 0.15) is 5.82 Å². The van der Waals surface area contributed by atoms with Crippen LogP contribution in [0.4, 0.5) is 4.39 Å². The quantitative estimate of drug-likeness (QED) is 0.818. The van der Waals surface area contributed by atoms with Crippen LogP contribution in [0.3, 0.4) is 0 Å². The van der Waals surface area contributed by atoms with Gasteiger partial charge in [-0.1, -0.05) is 42.5 Å². The van der Waals surface area contributed by atoms with Gasteiger partial charge in [-0.25, -0.2) is 9.40 Å². The van der Waals surface area contributed by atoms with Crippen molar-refractivity contribution in [1.29, 1.82) is 0 Å². The summed E-state index contributed by atoms with van der Waals surface area (Å²) in [5, 5.41) is 6.46. The number of benzene rings is 2. The zero-order valence-electron chi connectivity index (χ0n) is 16.0. The fraction of sp³-hybridized carbons (Fsp3) is 0.364. The minimum absolute atomic E-state index is 0. The lowest BCUT2D eigenvalue weighted by molar-refractivity contribution is -0.136. The second-order valence-corrected chi connectivity index (χ2v) is 7.44. The first kappa shape index (κ1) is 20.2. The molecular weight excluding hydrogens is 357 g/mol. The van der Waals surface area contributed by atoms with E-state index in [2.05, 4.69) is 11.9 Å². The number of amides is 1. The average molecular weight is 383 g/mol. The monoisotopic (exact) mass is 383 g/mol. The number of hydrogen-bond acceptors (Lipinski definition) is 3. The summed E-state index contributed by atoms with van der Waals surface area (Å²) in [5.41, 5.74) is 2.74. The van der Waals surface area contributed by atoms with Crippen LogP contribution < -0.4 is 0 Å². The number of piperidine rings is 1. The summed E-state index contributed by atoms with van der Waals surface area (Å²) < 4.78 is 13.4. The molecule has 2 aliphatic rings. The Labute approximate surface area is 164 Å². The van der Waals surface area contributed by atoms with Gasteiger partial charge < -0.3 is 10.4 Å². The molecule has 148 valence electrons. The predicted molar refractivity (Wildman–Crippen MR) is 108 cm³/mol. The molecule has 1 unspecified atom stereocenters. The lowest BCUT2D eigenvalue weighted by Crippen LogP contribution is -2.48. The summed E-state index contributed by atoms with van der Waals surface area (Å²) in [5.74, 6) is -0.442. The third-order valence-corrected chi connectivity index (χ3v) is 5.56. The Morgan fingerprint density at radius 1 is 1.00 bits per heavy atom. The molecule has 0 bridgehead atoms. The van der Waals surface area contributed by atoms with Gasteiger partial charge in [-0.15, -0.1) is 0 Å². The molecule has 2 N–H and O–H groups in total. The van der Waals surface area contributed by atoms with Gasteiger partial charge in [-0.2, -0.15) is 5.10 Å². The molecule has 6 heteroatoms. The largest absolute Gasteiger partial charge is 0.412 e. The SMILES string of the molecule is CN1CCC(N2N=C(c3ccc(F)cc3)CC(c3ccccc3)C2=O)CC1.O. The Balaban J connectivity index is 0.00000225. The van der Waals surface area contributed by atoms with Crippen molar-refractivity contribution in [2.75, 3.05) is 20.1 Å². The van der Waals surface area contributed by atoms with E-state index in [0.717, 1.165) is 42.8 Å². The molecule has 1 atom stereocenters. The predicted octanol–water partition coefficient (Wildman–Crippen LogP) is 2.82. The van der Waals surface area contributed by atoms with Crippen LogP contribution in [0.25, 0.3) is 0 Å². The Morgan fingerprint density at radius 2 is 1.64 bits per heavy atom. The highest BCUT2D eigenvalue weighted by Gasteiger charge is 2.37. The van der Waals surface area contributed by atoms with E-state index in [4.69, 9.17) is 5.10 Å². The molecule has 5 nitrogen and oxygen atoms in total. The summed E-state index contributed by atoms with van der Waals surface area (Å²) in [6.07, 6.45) is 2.38. The van der Waals surface area contributed by atoms with Gasteiger partial charge in [-0.3, -0.25) is 4.79 Å². The number of hydrazone groups is 1. The molecular formula is C22H26FN3O2.